The number of carbonyl (C=O) groups is 1. The summed E-state index contributed by atoms with van der Waals surface area (Å²) in [5, 5.41) is 14.6. The molecule has 2 aromatic carbocycles. The second-order valence-corrected chi connectivity index (χ2v) is 7.03. The third-order valence-corrected chi connectivity index (χ3v) is 4.96. The summed E-state index contributed by atoms with van der Waals surface area (Å²) < 4.78 is 16.2. The van der Waals surface area contributed by atoms with Gasteiger partial charge < -0.3 is 19.2 Å². The first-order valence-electron chi connectivity index (χ1n) is 9.69. The molecule has 1 N–H and O–H groups in total. The minimum Gasteiger partial charge on any atom is -0.493 e. The summed E-state index contributed by atoms with van der Waals surface area (Å²) in [6.45, 7) is 3.99. The SMILES string of the molecule is COc1ccc(CCNC(=O)C=C(C)c2c(C)oc3ccc([N+](=O)[O-])cc23)cc1OC. The molecule has 0 saturated heterocycles. The van der Waals surface area contributed by atoms with Gasteiger partial charge in [0.05, 0.1) is 19.1 Å². The summed E-state index contributed by atoms with van der Waals surface area (Å²) in [6.07, 6.45) is 2.10. The van der Waals surface area contributed by atoms with Crippen molar-refractivity contribution in [1.29, 1.82) is 0 Å². The Labute approximate surface area is 179 Å². The molecule has 162 valence electrons. The van der Waals surface area contributed by atoms with Gasteiger partial charge in [-0.1, -0.05) is 6.07 Å². The highest BCUT2D eigenvalue weighted by molar-refractivity contribution is 6.00. The van der Waals surface area contributed by atoms with Crippen LogP contribution in [0.4, 0.5) is 5.69 Å². The molecular formula is C23H24N2O6. The maximum atomic E-state index is 12.4. The lowest BCUT2D eigenvalue weighted by atomic mass is 10.0. The maximum absolute atomic E-state index is 12.4. The van der Waals surface area contributed by atoms with E-state index in [0.29, 0.717) is 52.3 Å². The number of aryl methyl sites for hydroxylation is 1. The Morgan fingerprint density at radius 2 is 1.90 bits per heavy atom. The van der Waals surface area contributed by atoms with Gasteiger partial charge in [-0.25, -0.2) is 0 Å². The molecule has 0 radical (unpaired) electrons. The molecule has 1 amide bonds. The number of non-ortho nitro benzene ring substituents is 1. The minimum absolute atomic E-state index is 0.0262. The number of amides is 1. The molecule has 0 aliphatic rings. The highest BCUT2D eigenvalue weighted by Gasteiger charge is 2.17. The topological polar surface area (TPSA) is 104 Å². The molecule has 0 bridgehead atoms. The van der Waals surface area contributed by atoms with Gasteiger partial charge in [0.15, 0.2) is 11.5 Å². The zero-order chi connectivity index (χ0) is 22.5. The van der Waals surface area contributed by atoms with Gasteiger partial charge in [0, 0.05) is 35.7 Å². The van der Waals surface area contributed by atoms with Crippen molar-refractivity contribution in [2.45, 2.75) is 20.3 Å². The number of hydrogen-bond acceptors (Lipinski definition) is 6. The average Bonchev–Trinajstić information content (AvgIpc) is 3.08. The fourth-order valence-electron chi connectivity index (χ4n) is 3.50. The molecule has 0 spiro atoms. The second-order valence-electron chi connectivity index (χ2n) is 7.03. The van der Waals surface area contributed by atoms with Gasteiger partial charge in [0.25, 0.3) is 5.69 Å². The zero-order valence-corrected chi connectivity index (χ0v) is 17.9. The van der Waals surface area contributed by atoms with E-state index in [-0.39, 0.29) is 11.6 Å². The smallest absolute Gasteiger partial charge is 0.270 e. The Bertz CT molecular complexity index is 1160. The Morgan fingerprint density at radius 1 is 1.16 bits per heavy atom. The van der Waals surface area contributed by atoms with E-state index in [4.69, 9.17) is 13.9 Å². The van der Waals surface area contributed by atoms with Gasteiger partial charge in [-0.15, -0.1) is 0 Å². The van der Waals surface area contributed by atoms with Crippen molar-refractivity contribution in [1.82, 2.24) is 5.32 Å². The predicted octanol–water partition coefficient (Wildman–Crippen LogP) is 4.43. The van der Waals surface area contributed by atoms with Crippen LogP contribution in [0, 0.1) is 17.0 Å². The number of nitrogens with one attached hydrogen (secondary N) is 1. The molecule has 0 atom stereocenters. The lowest BCUT2D eigenvalue weighted by molar-refractivity contribution is -0.384. The highest BCUT2D eigenvalue weighted by Crippen LogP contribution is 2.33. The number of allylic oxidation sites excluding steroid dienone is 1. The molecule has 31 heavy (non-hydrogen) atoms. The van der Waals surface area contributed by atoms with E-state index in [9.17, 15) is 14.9 Å². The third-order valence-electron chi connectivity index (χ3n) is 4.96. The molecule has 1 heterocycles. The first kappa shape index (κ1) is 21.9. The maximum Gasteiger partial charge on any atom is 0.270 e. The molecule has 0 aliphatic carbocycles. The normalized spacial score (nSPS) is 11.4. The number of carbonyl (C=O) groups excluding carboxylic acids is 1. The van der Waals surface area contributed by atoms with Crippen molar-refractivity contribution < 1.29 is 23.6 Å². The third kappa shape index (κ3) is 4.85. The number of nitrogens with zero attached hydrogens (tertiary/aromatic N) is 1. The van der Waals surface area contributed by atoms with Crippen LogP contribution in [0.5, 0.6) is 11.5 Å². The lowest BCUT2D eigenvalue weighted by Gasteiger charge is -2.10. The molecule has 8 heteroatoms. The van der Waals surface area contributed by atoms with Crippen LogP contribution in [0.15, 0.2) is 46.9 Å². The summed E-state index contributed by atoms with van der Waals surface area (Å²) in [6, 6.07) is 10.1. The second kappa shape index (κ2) is 9.34. The summed E-state index contributed by atoms with van der Waals surface area (Å²) >= 11 is 0. The number of methoxy groups -OCH3 is 2. The summed E-state index contributed by atoms with van der Waals surface area (Å²) in [4.78, 5) is 23.1. The van der Waals surface area contributed by atoms with Crippen LogP contribution in [0.25, 0.3) is 16.5 Å². The fraction of sp³-hybridized carbons (Fsp3) is 0.261. The zero-order valence-electron chi connectivity index (χ0n) is 17.9. The van der Waals surface area contributed by atoms with Crippen LogP contribution in [0.1, 0.15) is 23.8 Å². The number of benzene rings is 2. The molecular weight excluding hydrogens is 400 g/mol. The van der Waals surface area contributed by atoms with Crippen LogP contribution >= 0.6 is 0 Å². The number of furan rings is 1. The van der Waals surface area contributed by atoms with E-state index in [2.05, 4.69) is 5.32 Å². The van der Waals surface area contributed by atoms with Crippen molar-refractivity contribution in [3.05, 3.63) is 69.5 Å². The lowest BCUT2D eigenvalue weighted by Crippen LogP contribution is -2.23. The molecule has 3 aromatic rings. The van der Waals surface area contributed by atoms with Crippen molar-refractivity contribution in [3.63, 3.8) is 0 Å². The molecule has 3 rings (SSSR count). The van der Waals surface area contributed by atoms with Gasteiger partial charge in [-0.05, 0) is 49.6 Å². The predicted molar refractivity (Wildman–Crippen MR) is 118 cm³/mol. The van der Waals surface area contributed by atoms with Gasteiger partial charge in [0.1, 0.15) is 11.3 Å². The Kier molecular flexibility index (Phi) is 6.59. The highest BCUT2D eigenvalue weighted by atomic mass is 16.6. The Morgan fingerprint density at radius 3 is 2.58 bits per heavy atom. The van der Waals surface area contributed by atoms with Gasteiger partial charge in [-0.2, -0.15) is 0 Å². The van der Waals surface area contributed by atoms with E-state index >= 15 is 0 Å². The number of nitro groups is 1. The van der Waals surface area contributed by atoms with Crippen LogP contribution in [-0.4, -0.2) is 31.6 Å². The van der Waals surface area contributed by atoms with Crippen LogP contribution in [0.2, 0.25) is 0 Å². The minimum atomic E-state index is -0.453. The Hall–Kier alpha value is -3.81. The largest absolute Gasteiger partial charge is 0.493 e. The quantitative estimate of drug-likeness (QED) is 0.326. The molecule has 8 nitrogen and oxygen atoms in total. The van der Waals surface area contributed by atoms with Crippen molar-refractivity contribution in [2.75, 3.05) is 20.8 Å². The summed E-state index contributed by atoms with van der Waals surface area (Å²) in [5.41, 5.74) is 2.87. The number of hydrogen-bond donors (Lipinski definition) is 1. The standard InChI is InChI=1S/C23H24N2O6/c1-14(23-15(2)31-19-8-6-17(25(27)28)13-18(19)23)11-22(26)24-10-9-16-5-7-20(29-3)21(12-16)30-4/h5-8,11-13H,9-10H2,1-4H3,(H,24,26). The first-order valence-corrected chi connectivity index (χ1v) is 9.69. The number of ether oxygens (including phenoxy) is 2. The molecule has 0 fully saturated rings. The van der Waals surface area contributed by atoms with Gasteiger partial charge in [-0.3, -0.25) is 14.9 Å². The van der Waals surface area contributed by atoms with Crippen LogP contribution in [0.3, 0.4) is 0 Å². The van der Waals surface area contributed by atoms with E-state index in [1.807, 2.05) is 18.2 Å². The molecule has 0 saturated carbocycles. The molecule has 0 aliphatic heterocycles. The number of rotatable bonds is 8. The summed E-state index contributed by atoms with van der Waals surface area (Å²) in [7, 11) is 3.16. The molecule has 0 unspecified atom stereocenters. The van der Waals surface area contributed by atoms with E-state index in [1.165, 1.54) is 18.2 Å². The average molecular weight is 424 g/mol. The monoisotopic (exact) mass is 424 g/mol. The van der Waals surface area contributed by atoms with Crippen LogP contribution < -0.4 is 14.8 Å². The number of fused-ring (bicyclic) bond motifs is 1. The fourth-order valence-corrected chi connectivity index (χ4v) is 3.50. The van der Waals surface area contributed by atoms with Crippen molar-refractivity contribution in [2.24, 2.45) is 0 Å². The Balaban J connectivity index is 1.71. The van der Waals surface area contributed by atoms with E-state index in [0.717, 1.165) is 5.56 Å². The van der Waals surface area contributed by atoms with Gasteiger partial charge in [0.2, 0.25) is 5.91 Å². The van der Waals surface area contributed by atoms with E-state index < -0.39 is 4.92 Å². The van der Waals surface area contributed by atoms with Crippen LogP contribution in [-0.2, 0) is 11.2 Å². The van der Waals surface area contributed by atoms with E-state index in [1.54, 1.807) is 34.1 Å². The van der Waals surface area contributed by atoms with Crippen molar-refractivity contribution >= 4 is 28.1 Å². The first-order chi connectivity index (χ1) is 14.8. The summed E-state index contributed by atoms with van der Waals surface area (Å²) in [5.74, 6) is 1.63. The molecule has 1 aromatic heterocycles. The van der Waals surface area contributed by atoms with Crippen molar-refractivity contribution in [3.8, 4) is 11.5 Å². The number of nitro benzene ring substituents is 1. The van der Waals surface area contributed by atoms with Gasteiger partial charge >= 0.3 is 0 Å².